The topological polar surface area (TPSA) is 82.5 Å². The minimum Gasteiger partial charge on any atom is -0.478 e. The van der Waals surface area contributed by atoms with Gasteiger partial charge in [-0.3, -0.25) is 5.32 Å². The molecule has 0 saturated carbocycles. The van der Waals surface area contributed by atoms with E-state index in [9.17, 15) is 9.59 Å². The van der Waals surface area contributed by atoms with E-state index in [2.05, 4.69) is 10.3 Å². The van der Waals surface area contributed by atoms with E-state index in [1.54, 1.807) is 7.05 Å². The molecule has 0 aliphatic rings. The average Bonchev–Trinajstić information content (AvgIpc) is 2.28. The van der Waals surface area contributed by atoms with Crippen LogP contribution in [-0.4, -0.2) is 40.6 Å². The van der Waals surface area contributed by atoms with Crippen LogP contribution < -0.4 is 5.32 Å². The number of pyridine rings is 1. The zero-order valence-electron chi connectivity index (χ0n) is 9.10. The summed E-state index contributed by atoms with van der Waals surface area (Å²) in [6.45, 7) is 2.39. The Bertz CT molecular complexity index is 406. The van der Waals surface area contributed by atoms with Crippen molar-refractivity contribution in [3.8, 4) is 0 Å². The van der Waals surface area contributed by atoms with Gasteiger partial charge in [0, 0.05) is 19.8 Å². The Balaban J connectivity index is 2.78. The fourth-order valence-corrected chi connectivity index (χ4v) is 0.981. The van der Waals surface area contributed by atoms with Gasteiger partial charge in [-0.25, -0.2) is 14.6 Å². The van der Waals surface area contributed by atoms with E-state index in [0.29, 0.717) is 6.54 Å². The maximum atomic E-state index is 11.5. The number of hydrogen-bond acceptors (Lipinski definition) is 3. The third-order valence-electron chi connectivity index (χ3n) is 2.06. The molecule has 0 aliphatic carbocycles. The summed E-state index contributed by atoms with van der Waals surface area (Å²) < 4.78 is 0. The quantitative estimate of drug-likeness (QED) is 0.808. The molecule has 0 saturated heterocycles. The Morgan fingerprint density at radius 3 is 2.81 bits per heavy atom. The number of urea groups is 1. The Hall–Kier alpha value is -2.11. The Kier molecular flexibility index (Phi) is 3.82. The van der Waals surface area contributed by atoms with Crippen LogP contribution >= 0.6 is 0 Å². The van der Waals surface area contributed by atoms with Crippen molar-refractivity contribution in [1.82, 2.24) is 9.88 Å². The lowest BCUT2D eigenvalue weighted by molar-refractivity contribution is 0.0696. The third-order valence-corrected chi connectivity index (χ3v) is 2.06. The number of rotatable bonds is 3. The largest absolute Gasteiger partial charge is 0.478 e. The number of carbonyl (C=O) groups is 2. The predicted molar refractivity (Wildman–Crippen MR) is 58.5 cm³/mol. The molecule has 1 aromatic rings. The number of nitrogens with zero attached hydrogens (tertiary/aromatic N) is 2. The van der Waals surface area contributed by atoms with E-state index >= 15 is 0 Å². The first-order valence-corrected chi connectivity index (χ1v) is 4.76. The van der Waals surface area contributed by atoms with E-state index in [-0.39, 0.29) is 17.4 Å². The summed E-state index contributed by atoms with van der Waals surface area (Å²) in [5, 5.41) is 11.2. The summed E-state index contributed by atoms with van der Waals surface area (Å²) >= 11 is 0. The fraction of sp³-hybridized carbons (Fsp3) is 0.300. The van der Waals surface area contributed by atoms with Crippen molar-refractivity contribution in [3.63, 3.8) is 0 Å². The van der Waals surface area contributed by atoms with Crippen LogP contribution in [0.1, 0.15) is 17.3 Å². The van der Waals surface area contributed by atoms with Crippen LogP contribution in [-0.2, 0) is 0 Å². The molecule has 0 aromatic carbocycles. The van der Waals surface area contributed by atoms with Gasteiger partial charge in [0.25, 0.3) is 0 Å². The number of nitrogens with one attached hydrogen (secondary N) is 1. The van der Waals surface area contributed by atoms with Gasteiger partial charge in [0.15, 0.2) is 0 Å². The third kappa shape index (κ3) is 2.94. The number of aromatic carboxylic acids is 1. The summed E-state index contributed by atoms with van der Waals surface area (Å²) in [5.74, 6) is -0.827. The van der Waals surface area contributed by atoms with Crippen LogP contribution in [0, 0.1) is 0 Å². The number of amides is 2. The highest BCUT2D eigenvalue weighted by molar-refractivity contribution is 5.91. The van der Waals surface area contributed by atoms with Gasteiger partial charge in [0.05, 0.1) is 5.56 Å². The second-order valence-corrected chi connectivity index (χ2v) is 3.18. The molecule has 6 nitrogen and oxygen atoms in total. The molecule has 2 N–H and O–H groups in total. The van der Waals surface area contributed by atoms with Crippen molar-refractivity contribution >= 4 is 17.8 Å². The zero-order chi connectivity index (χ0) is 12.1. The molecule has 86 valence electrons. The minimum absolute atomic E-state index is 0.0875. The summed E-state index contributed by atoms with van der Waals surface area (Å²) in [6, 6.07) is 2.35. The van der Waals surface area contributed by atoms with Crippen molar-refractivity contribution in [2.75, 3.05) is 18.9 Å². The highest BCUT2D eigenvalue weighted by Crippen LogP contribution is 2.07. The molecule has 0 unspecified atom stereocenters. The maximum Gasteiger partial charge on any atom is 0.335 e. The highest BCUT2D eigenvalue weighted by atomic mass is 16.4. The van der Waals surface area contributed by atoms with Gasteiger partial charge in [-0.1, -0.05) is 0 Å². The van der Waals surface area contributed by atoms with Crippen molar-refractivity contribution < 1.29 is 14.7 Å². The molecule has 0 spiro atoms. The van der Waals surface area contributed by atoms with Crippen molar-refractivity contribution in [2.24, 2.45) is 0 Å². The first-order chi connectivity index (χ1) is 7.54. The normalized spacial score (nSPS) is 9.62. The first-order valence-electron chi connectivity index (χ1n) is 4.76. The van der Waals surface area contributed by atoms with Crippen LogP contribution in [0.15, 0.2) is 18.3 Å². The standard InChI is InChI=1S/C10H13N3O3/c1-3-13(2)10(16)12-8-6-7(9(14)15)4-5-11-8/h4-6H,3H2,1-2H3,(H,14,15)(H,11,12,16). The van der Waals surface area contributed by atoms with Crippen LogP contribution in [0.25, 0.3) is 0 Å². The molecule has 2 amide bonds. The van der Waals surface area contributed by atoms with Crippen molar-refractivity contribution in [3.05, 3.63) is 23.9 Å². The highest BCUT2D eigenvalue weighted by Gasteiger charge is 2.09. The van der Waals surface area contributed by atoms with Gasteiger partial charge >= 0.3 is 12.0 Å². The second-order valence-electron chi connectivity index (χ2n) is 3.18. The summed E-state index contributed by atoms with van der Waals surface area (Å²) in [5.41, 5.74) is 0.0875. The smallest absolute Gasteiger partial charge is 0.335 e. The first kappa shape index (κ1) is 12.0. The summed E-state index contributed by atoms with van der Waals surface area (Å²) in [4.78, 5) is 27.4. The predicted octanol–water partition coefficient (Wildman–Crippen LogP) is 1.26. The number of carboxylic acids is 1. The van der Waals surface area contributed by atoms with Gasteiger partial charge in [-0.05, 0) is 19.1 Å². The molecular formula is C10H13N3O3. The number of carboxylic acid groups (broad SMARTS) is 1. The van der Waals surface area contributed by atoms with Crippen LogP contribution in [0.2, 0.25) is 0 Å². The molecule has 0 radical (unpaired) electrons. The molecule has 0 fully saturated rings. The van der Waals surface area contributed by atoms with Crippen molar-refractivity contribution in [1.29, 1.82) is 0 Å². The Labute approximate surface area is 92.9 Å². The van der Waals surface area contributed by atoms with E-state index in [0.717, 1.165) is 0 Å². The Morgan fingerprint density at radius 1 is 1.56 bits per heavy atom. The number of aromatic nitrogens is 1. The molecule has 0 aliphatic heterocycles. The maximum absolute atomic E-state index is 11.5. The van der Waals surface area contributed by atoms with E-state index < -0.39 is 5.97 Å². The zero-order valence-corrected chi connectivity index (χ0v) is 9.10. The van der Waals surface area contributed by atoms with Crippen LogP contribution in [0.5, 0.6) is 0 Å². The van der Waals surface area contributed by atoms with Crippen LogP contribution in [0.4, 0.5) is 10.6 Å². The van der Waals surface area contributed by atoms with E-state index in [1.165, 1.54) is 23.2 Å². The number of anilines is 1. The fourth-order valence-electron chi connectivity index (χ4n) is 0.981. The summed E-state index contributed by atoms with van der Waals surface area (Å²) in [6.07, 6.45) is 1.34. The van der Waals surface area contributed by atoms with Gasteiger partial charge in [0.2, 0.25) is 0 Å². The van der Waals surface area contributed by atoms with Gasteiger partial charge in [-0.2, -0.15) is 0 Å². The van der Waals surface area contributed by atoms with E-state index in [1.807, 2.05) is 6.92 Å². The molecule has 16 heavy (non-hydrogen) atoms. The lowest BCUT2D eigenvalue weighted by Gasteiger charge is -2.14. The molecule has 0 bridgehead atoms. The van der Waals surface area contributed by atoms with Crippen LogP contribution in [0.3, 0.4) is 0 Å². The molecule has 1 aromatic heterocycles. The molecular weight excluding hydrogens is 210 g/mol. The van der Waals surface area contributed by atoms with Gasteiger partial charge in [-0.15, -0.1) is 0 Å². The SMILES string of the molecule is CCN(C)C(=O)Nc1cc(C(=O)O)ccn1. The molecule has 1 rings (SSSR count). The summed E-state index contributed by atoms with van der Waals surface area (Å²) in [7, 11) is 1.64. The number of carbonyl (C=O) groups excluding carboxylic acids is 1. The van der Waals surface area contributed by atoms with E-state index in [4.69, 9.17) is 5.11 Å². The van der Waals surface area contributed by atoms with Gasteiger partial charge < -0.3 is 10.0 Å². The second kappa shape index (κ2) is 5.11. The average molecular weight is 223 g/mol. The molecule has 0 atom stereocenters. The van der Waals surface area contributed by atoms with Crippen molar-refractivity contribution in [2.45, 2.75) is 6.92 Å². The molecule has 1 heterocycles. The lowest BCUT2D eigenvalue weighted by atomic mass is 10.2. The lowest BCUT2D eigenvalue weighted by Crippen LogP contribution is -2.31. The number of hydrogen-bond donors (Lipinski definition) is 2. The van der Waals surface area contributed by atoms with Gasteiger partial charge in [0.1, 0.15) is 5.82 Å². The Morgan fingerprint density at radius 2 is 2.25 bits per heavy atom. The molecule has 6 heteroatoms. The monoisotopic (exact) mass is 223 g/mol. The minimum atomic E-state index is -1.05.